The van der Waals surface area contributed by atoms with Crippen LogP contribution >= 0.6 is 0 Å². The summed E-state index contributed by atoms with van der Waals surface area (Å²) in [6, 6.07) is 16.4. The zero-order chi connectivity index (χ0) is 19.0. The van der Waals surface area contributed by atoms with E-state index in [9.17, 15) is 9.59 Å². The lowest BCUT2D eigenvalue weighted by molar-refractivity contribution is -0.141. The second-order valence-electron chi connectivity index (χ2n) is 7.30. The Morgan fingerprint density at radius 2 is 1.67 bits per heavy atom. The number of amides is 1. The minimum absolute atomic E-state index is 0.0193. The van der Waals surface area contributed by atoms with Crippen LogP contribution in [0.5, 0.6) is 0 Å². The number of carbonyl (C=O) groups is 2. The summed E-state index contributed by atoms with van der Waals surface area (Å²) >= 11 is 0. The number of carbonyl (C=O) groups excluding carboxylic acids is 1. The van der Waals surface area contributed by atoms with Gasteiger partial charge < -0.3 is 14.7 Å². The molecule has 2 aromatic rings. The van der Waals surface area contributed by atoms with Crippen molar-refractivity contribution in [2.45, 2.75) is 12.3 Å². The molecular formula is C22H21NO4. The van der Waals surface area contributed by atoms with E-state index in [0.29, 0.717) is 13.1 Å². The highest BCUT2D eigenvalue weighted by atomic mass is 16.6. The SMILES string of the molecule is C=CC1(CC(=O)O)CN(C(=O)OCC2c3ccccc3-c3ccccc32)C1. The molecule has 1 saturated heterocycles. The Morgan fingerprint density at radius 3 is 2.19 bits per heavy atom. The maximum atomic E-state index is 12.4. The fraction of sp³-hybridized carbons (Fsp3) is 0.273. The quantitative estimate of drug-likeness (QED) is 0.818. The highest BCUT2D eigenvalue weighted by Crippen LogP contribution is 2.44. The molecule has 1 aliphatic carbocycles. The molecule has 1 N–H and O–H groups in total. The molecule has 4 rings (SSSR count). The number of carboxylic acid groups (broad SMARTS) is 1. The van der Waals surface area contributed by atoms with E-state index in [4.69, 9.17) is 9.84 Å². The molecule has 5 heteroatoms. The predicted molar refractivity (Wildman–Crippen MR) is 102 cm³/mol. The molecule has 0 atom stereocenters. The van der Waals surface area contributed by atoms with Crippen molar-refractivity contribution in [3.8, 4) is 11.1 Å². The lowest BCUT2D eigenvalue weighted by Crippen LogP contribution is -2.58. The first-order chi connectivity index (χ1) is 13.0. The summed E-state index contributed by atoms with van der Waals surface area (Å²) in [4.78, 5) is 25.0. The Labute approximate surface area is 157 Å². The maximum Gasteiger partial charge on any atom is 0.409 e. The Bertz CT molecular complexity index is 869. The normalized spacial score (nSPS) is 16.8. The van der Waals surface area contributed by atoms with Gasteiger partial charge in [-0.15, -0.1) is 6.58 Å². The van der Waals surface area contributed by atoms with E-state index in [1.807, 2.05) is 24.3 Å². The third kappa shape index (κ3) is 2.99. The Kier molecular flexibility index (Phi) is 4.22. The van der Waals surface area contributed by atoms with Gasteiger partial charge in [-0.05, 0) is 22.3 Å². The van der Waals surface area contributed by atoms with Crippen molar-refractivity contribution < 1.29 is 19.4 Å². The molecule has 1 heterocycles. The van der Waals surface area contributed by atoms with E-state index in [1.165, 1.54) is 27.2 Å². The van der Waals surface area contributed by atoms with Gasteiger partial charge in [-0.25, -0.2) is 4.79 Å². The van der Waals surface area contributed by atoms with Crippen molar-refractivity contribution in [3.63, 3.8) is 0 Å². The number of fused-ring (bicyclic) bond motifs is 3. The molecule has 0 bridgehead atoms. The topological polar surface area (TPSA) is 66.8 Å². The van der Waals surface area contributed by atoms with Gasteiger partial charge in [0.05, 0.1) is 6.42 Å². The molecule has 1 fully saturated rings. The average molecular weight is 363 g/mol. The van der Waals surface area contributed by atoms with Crippen LogP contribution in [-0.4, -0.2) is 41.8 Å². The average Bonchev–Trinajstić information content (AvgIpc) is 2.96. The summed E-state index contributed by atoms with van der Waals surface area (Å²) in [5.41, 5.74) is 4.16. The summed E-state index contributed by atoms with van der Waals surface area (Å²) in [7, 11) is 0. The number of carboxylic acids is 1. The molecule has 138 valence electrons. The minimum Gasteiger partial charge on any atom is -0.481 e. The van der Waals surface area contributed by atoms with E-state index in [1.54, 1.807) is 6.08 Å². The zero-order valence-corrected chi connectivity index (χ0v) is 14.9. The first-order valence-corrected chi connectivity index (χ1v) is 8.98. The summed E-state index contributed by atoms with van der Waals surface area (Å²) in [6.07, 6.45) is 1.21. The minimum atomic E-state index is -0.887. The van der Waals surface area contributed by atoms with Crippen molar-refractivity contribution in [2.75, 3.05) is 19.7 Å². The van der Waals surface area contributed by atoms with Crippen molar-refractivity contribution in [1.29, 1.82) is 0 Å². The molecule has 0 spiro atoms. The van der Waals surface area contributed by atoms with Crippen molar-refractivity contribution in [2.24, 2.45) is 5.41 Å². The highest BCUT2D eigenvalue weighted by molar-refractivity contribution is 5.79. The molecule has 2 aromatic carbocycles. The molecular weight excluding hydrogens is 342 g/mol. The summed E-state index contributed by atoms with van der Waals surface area (Å²) < 4.78 is 5.59. The number of likely N-dealkylation sites (tertiary alicyclic amines) is 1. The number of benzene rings is 2. The van der Waals surface area contributed by atoms with Crippen LogP contribution < -0.4 is 0 Å². The van der Waals surface area contributed by atoms with E-state index >= 15 is 0 Å². The third-order valence-electron chi connectivity index (χ3n) is 5.54. The van der Waals surface area contributed by atoms with Crippen molar-refractivity contribution >= 4 is 12.1 Å². The number of aliphatic carboxylic acids is 1. The molecule has 0 radical (unpaired) electrons. The van der Waals surface area contributed by atoms with Crippen LogP contribution in [0.15, 0.2) is 61.2 Å². The van der Waals surface area contributed by atoms with Crippen LogP contribution in [0.4, 0.5) is 4.79 Å². The van der Waals surface area contributed by atoms with Gasteiger partial charge in [-0.1, -0.05) is 54.6 Å². The van der Waals surface area contributed by atoms with Crippen molar-refractivity contribution in [1.82, 2.24) is 4.90 Å². The van der Waals surface area contributed by atoms with Gasteiger partial charge in [0.25, 0.3) is 0 Å². The highest BCUT2D eigenvalue weighted by Gasteiger charge is 2.45. The second-order valence-corrected chi connectivity index (χ2v) is 7.30. The molecule has 2 aliphatic rings. The smallest absolute Gasteiger partial charge is 0.409 e. The lowest BCUT2D eigenvalue weighted by atomic mass is 9.77. The van der Waals surface area contributed by atoms with Crippen molar-refractivity contribution in [3.05, 3.63) is 72.3 Å². The largest absolute Gasteiger partial charge is 0.481 e. The van der Waals surface area contributed by atoms with Crippen LogP contribution in [0.2, 0.25) is 0 Å². The van der Waals surface area contributed by atoms with E-state index in [2.05, 4.69) is 30.8 Å². The Morgan fingerprint density at radius 1 is 1.11 bits per heavy atom. The maximum absolute atomic E-state index is 12.4. The van der Waals surface area contributed by atoms with E-state index < -0.39 is 17.5 Å². The second kappa shape index (κ2) is 6.58. The van der Waals surface area contributed by atoms with Gasteiger partial charge >= 0.3 is 12.1 Å². The predicted octanol–water partition coefficient (Wildman–Crippen LogP) is 3.90. The molecule has 1 aliphatic heterocycles. The van der Waals surface area contributed by atoms with Crippen LogP contribution in [0, 0.1) is 5.41 Å². The molecule has 0 aromatic heterocycles. The summed E-state index contributed by atoms with van der Waals surface area (Å²) in [5, 5.41) is 9.02. The van der Waals surface area contributed by atoms with Crippen LogP contribution in [0.25, 0.3) is 11.1 Å². The summed E-state index contributed by atoms with van der Waals surface area (Å²) in [5.74, 6) is -0.868. The van der Waals surface area contributed by atoms with Crippen LogP contribution in [-0.2, 0) is 9.53 Å². The number of nitrogens with zero attached hydrogens (tertiary/aromatic N) is 1. The van der Waals surface area contributed by atoms with Gasteiger partial charge in [0.1, 0.15) is 6.61 Å². The van der Waals surface area contributed by atoms with Crippen LogP contribution in [0.1, 0.15) is 23.5 Å². The molecule has 1 amide bonds. The number of hydrogen-bond acceptors (Lipinski definition) is 3. The number of hydrogen-bond donors (Lipinski definition) is 1. The molecule has 0 saturated carbocycles. The number of rotatable bonds is 5. The first-order valence-electron chi connectivity index (χ1n) is 8.98. The molecule has 27 heavy (non-hydrogen) atoms. The Hall–Kier alpha value is -3.08. The number of ether oxygens (including phenoxy) is 1. The standard InChI is InChI=1S/C22H21NO4/c1-2-22(11-20(24)25)13-23(14-22)21(26)27-12-19-17-9-5-3-7-15(17)16-8-4-6-10-18(16)19/h2-10,19H,1,11-14H2,(H,24,25). The Balaban J connectivity index is 1.43. The monoisotopic (exact) mass is 363 g/mol. The van der Waals surface area contributed by atoms with Gasteiger partial charge in [0, 0.05) is 24.4 Å². The molecule has 5 nitrogen and oxygen atoms in total. The van der Waals surface area contributed by atoms with Gasteiger partial charge in [-0.2, -0.15) is 0 Å². The third-order valence-corrected chi connectivity index (χ3v) is 5.54. The van der Waals surface area contributed by atoms with E-state index in [0.717, 1.165) is 0 Å². The fourth-order valence-corrected chi connectivity index (χ4v) is 4.14. The zero-order valence-electron chi connectivity index (χ0n) is 14.9. The lowest BCUT2D eigenvalue weighted by Gasteiger charge is -2.46. The first kappa shape index (κ1) is 17.3. The van der Waals surface area contributed by atoms with E-state index in [-0.39, 0.29) is 18.9 Å². The fourth-order valence-electron chi connectivity index (χ4n) is 4.14. The van der Waals surface area contributed by atoms with Gasteiger partial charge in [-0.3, -0.25) is 4.79 Å². The van der Waals surface area contributed by atoms with Gasteiger partial charge in [0.2, 0.25) is 0 Å². The van der Waals surface area contributed by atoms with Crippen LogP contribution in [0.3, 0.4) is 0 Å². The molecule has 0 unspecified atom stereocenters. The van der Waals surface area contributed by atoms with Gasteiger partial charge in [0.15, 0.2) is 0 Å². The summed E-state index contributed by atoms with van der Waals surface area (Å²) in [6.45, 7) is 4.65.